The first kappa shape index (κ1) is 14.0. The number of epoxide rings is 2. The molecule has 2 saturated carbocycles. The van der Waals surface area contributed by atoms with E-state index in [1.807, 2.05) is 0 Å². The molecule has 8 atom stereocenters. The summed E-state index contributed by atoms with van der Waals surface area (Å²) in [4.78, 5) is 0. The molecule has 4 fully saturated rings. The minimum atomic E-state index is -0.556. The lowest BCUT2D eigenvalue weighted by atomic mass is 9.51. The van der Waals surface area contributed by atoms with Crippen LogP contribution in [0.25, 0.3) is 0 Å². The van der Waals surface area contributed by atoms with Gasteiger partial charge in [0.05, 0.1) is 12.2 Å². The molecule has 2 heterocycles. The van der Waals surface area contributed by atoms with Crippen molar-refractivity contribution in [2.45, 2.75) is 82.1 Å². The topological polar surface area (TPSA) is 65.5 Å². The zero-order valence-electron chi connectivity index (χ0n) is 13.6. The van der Waals surface area contributed by atoms with Crippen molar-refractivity contribution < 1.29 is 19.7 Å². The van der Waals surface area contributed by atoms with Crippen molar-refractivity contribution in [2.75, 3.05) is 0 Å². The molecule has 3 aliphatic carbocycles. The van der Waals surface area contributed by atoms with Crippen LogP contribution in [0.5, 0.6) is 0 Å². The predicted molar refractivity (Wildman–Crippen MR) is 80.2 cm³/mol. The summed E-state index contributed by atoms with van der Waals surface area (Å²) in [6, 6.07) is 0. The molecule has 0 amide bonds. The fraction of sp³-hybridized carbons (Fsp3) is 0.889. The molecular formula is C18H26O4. The standard InChI is InChI=1S/C18H26O4/c1-9(2)17-14(21-17)8-12-16(3)5-4-11(19)6-10(16)7-13-18(12,22-13)15(17)20/h8-11,13-15,19-20H,4-7H2,1-3H3. The second-order valence-electron chi connectivity index (χ2n) is 8.71. The zero-order chi connectivity index (χ0) is 15.5. The van der Waals surface area contributed by atoms with E-state index in [1.54, 1.807) is 0 Å². The van der Waals surface area contributed by atoms with Gasteiger partial charge in [-0.25, -0.2) is 0 Å². The lowest BCUT2D eigenvalue weighted by Gasteiger charge is -2.51. The normalized spacial score (nSPS) is 61.5. The van der Waals surface area contributed by atoms with Gasteiger partial charge in [-0.05, 0) is 48.5 Å². The molecule has 0 radical (unpaired) electrons. The maximum Gasteiger partial charge on any atom is 0.145 e. The van der Waals surface area contributed by atoms with E-state index in [4.69, 9.17) is 9.47 Å². The van der Waals surface area contributed by atoms with Gasteiger partial charge in [-0.15, -0.1) is 0 Å². The summed E-state index contributed by atoms with van der Waals surface area (Å²) >= 11 is 0. The molecule has 122 valence electrons. The zero-order valence-corrected chi connectivity index (χ0v) is 13.6. The van der Waals surface area contributed by atoms with Crippen molar-refractivity contribution in [2.24, 2.45) is 17.3 Å². The van der Waals surface area contributed by atoms with Crippen molar-refractivity contribution in [1.82, 2.24) is 0 Å². The number of fused-ring (bicyclic) bond motifs is 3. The van der Waals surface area contributed by atoms with E-state index in [0.29, 0.717) is 5.92 Å². The molecular weight excluding hydrogens is 280 g/mol. The van der Waals surface area contributed by atoms with E-state index >= 15 is 0 Å². The van der Waals surface area contributed by atoms with Crippen molar-refractivity contribution in [3.05, 3.63) is 11.6 Å². The van der Waals surface area contributed by atoms with E-state index in [2.05, 4.69) is 26.8 Å². The van der Waals surface area contributed by atoms with E-state index in [9.17, 15) is 10.2 Å². The number of aliphatic hydroxyl groups is 2. The van der Waals surface area contributed by atoms with Crippen molar-refractivity contribution in [3.8, 4) is 0 Å². The first-order chi connectivity index (χ1) is 10.4. The number of hydrogen-bond donors (Lipinski definition) is 2. The third kappa shape index (κ3) is 1.32. The van der Waals surface area contributed by atoms with Gasteiger partial charge < -0.3 is 19.7 Å². The smallest absolute Gasteiger partial charge is 0.145 e. The summed E-state index contributed by atoms with van der Waals surface area (Å²) in [5.74, 6) is 0.740. The molecule has 5 aliphatic rings. The summed E-state index contributed by atoms with van der Waals surface area (Å²) in [6.45, 7) is 6.56. The van der Waals surface area contributed by atoms with Crippen LogP contribution in [0.2, 0.25) is 0 Å². The van der Waals surface area contributed by atoms with Gasteiger partial charge in [0.2, 0.25) is 0 Å². The Hall–Kier alpha value is -0.420. The molecule has 22 heavy (non-hydrogen) atoms. The van der Waals surface area contributed by atoms with Gasteiger partial charge in [0.25, 0.3) is 0 Å². The third-order valence-electron chi connectivity index (χ3n) is 7.52. The Kier molecular flexibility index (Phi) is 2.41. The average molecular weight is 306 g/mol. The van der Waals surface area contributed by atoms with Crippen LogP contribution < -0.4 is 0 Å². The Morgan fingerprint density at radius 3 is 2.73 bits per heavy atom. The minimum absolute atomic E-state index is 0.0374. The summed E-state index contributed by atoms with van der Waals surface area (Å²) in [6.07, 6.45) is 5.34. The summed E-state index contributed by atoms with van der Waals surface area (Å²) in [5, 5.41) is 21.2. The SMILES string of the molecule is CC(C)C12OC1C=C1C3(C)CCC(O)CC3CC3OC13C2O. The number of rotatable bonds is 1. The van der Waals surface area contributed by atoms with Gasteiger partial charge >= 0.3 is 0 Å². The highest BCUT2D eigenvalue weighted by molar-refractivity contribution is 5.48. The highest BCUT2D eigenvalue weighted by Crippen LogP contribution is 2.71. The van der Waals surface area contributed by atoms with Crippen LogP contribution in [0.15, 0.2) is 11.6 Å². The maximum atomic E-state index is 11.2. The number of ether oxygens (including phenoxy) is 2. The van der Waals surface area contributed by atoms with Gasteiger partial charge in [0.15, 0.2) is 0 Å². The van der Waals surface area contributed by atoms with Gasteiger partial charge in [-0.1, -0.05) is 26.8 Å². The second kappa shape index (κ2) is 3.80. The molecule has 0 aromatic heterocycles. The van der Waals surface area contributed by atoms with E-state index in [0.717, 1.165) is 25.7 Å². The van der Waals surface area contributed by atoms with Crippen LogP contribution in [0.1, 0.15) is 46.5 Å². The van der Waals surface area contributed by atoms with Crippen LogP contribution >= 0.6 is 0 Å². The van der Waals surface area contributed by atoms with Gasteiger partial charge in [-0.2, -0.15) is 0 Å². The molecule has 0 aromatic rings. The second-order valence-corrected chi connectivity index (χ2v) is 8.71. The fourth-order valence-electron chi connectivity index (χ4n) is 6.00. The van der Waals surface area contributed by atoms with Crippen LogP contribution in [-0.4, -0.2) is 45.8 Å². The molecule has 2 N–H and O–H groups in total. The molecule has 0 bridgehead atoms. The molecule has 4 nitrogen and oxygen atoms in total. The maximum absolute atomic E-state index is 11.2. The van der Waals surface area contributed by atoms with Crippen molar-refractivity contribution in [1.29, 1.82) is 0 Å². The molecule has 0 aromatic carbocycles. The van der Waals surface area contributed by atoms with E-state index < -0.39 is 17.3 Å². The molecule has 2 saturated heterocycles. The van der Waals surface area contributed by atoms with Crippen molar-refractivity contribution in [3.63, 3.8) is 0 Å². The monoisotopic (exact) mass is 306 g/mol. The van der Waals surface area contributed by atoms with Gasteiger partial charge in [0, 0.05) is 0 Å². The number of hydrogen-bond acceptors (Lipinski definition) is 4. The van der Waals surface area contributed by atoms with Crippen LogP contribution in [0.3, 0.4) is 0 Å². The molecule has 5 rings (SSSR count). The third-order valence-corrected chi connectivity index (χ3v) is 7.52. The Morgan fingerprint density at radius 2 is 2.00 bits per heavy atom. The molecule has 4 heteroatoms. The van der Waals surface area contributed by atoms with Crippen molar-refractivity contribution >= 4 is 0 Å². The fourth-order valence-corrected chi connectivity index (χ4v) is 6.00. The van der Waals surface area contributed by atoms with Crippen LogP contribution in [0.4, 0.5) is 0 Å². The summed E-state index contributed by atoms with van der Waals surface area (Å²) in [7, 11) is 0. The first-order valence-electron chi connectivity index (χ1n) is 8.80. The highest BCUT2D eigenvalue weighted by atomic mass is 16.7. The number of aliphatic hydroxyl groups excluding tert-OH is 2. The quantitative estimate of drug-likeness (QED) is 0.572. The Bertz CT molecular complexity index is 571. The van der Waals surface area contributed by atoms with Gasteiger partial charge in [-0.3, -0.25) is 0 Å². The minimum Gasteiger partial charge on any atom is -0.393 e. The predicted octanol–water partition coefficient (Wildman–Crippen LogP) is 1.79. The largest absolute Gasteiger partial charge is 0.393 e. The Morgan fingerprint density at radius 1 is 1.23 bits per heavy atom. The Labute approximate surface area is 131 Å². The molecule has 2 aliphatic heterocycles. The van der Waals surface area contributed by atoms with E-state index in [-0.39, 0.29) is 29.6 Å². The summed E-state index contributed by atoms with van der Waals surface area (Å²) in [5.41, 5.74) is 0.391. The van der Waals surface area contributed by atoms with E-state index in [1.165, 1.54) is 5.57 Å². The molecule has 1 spiro atoms. The van der Waals surface area contributed by atoms with Gasteiger partial charge in [0.1, 0.15) is 23.4 Å². The lowest BCUT2D eigenvalue weighted by Crippen LogP contribution is -2.58. The summed E-state index contributed by atoms with van der Waals surface area (Å²) < 4.78 is 12.2. The first-order valence-corrected chi connectivity index (χ1v) is 8.80. The van der Waals surface area contributed by atoms with Crippen LogP contribution in [0, 0.1) is 17.3 Å². The van der Waals surface area contributed by atoms with Crippen LogP contribution in [-0.2, 0) is 9.47 Å². The molecule has 8 unspecified atom stereocenters. The highest BCUT2D eigenvalue weighted by Gasteiger charge is 2.81. The lowest BCUT2D eigenvalue weighted by molar-refractivity contribution is -0.0280. The Balaban J connectivity index is 1.60. The average Bonchev–Trinajstić information content (AvgIpc) is 3.33.